The van der Waals surface area contributed by atoms with Crippen LogP contribution in [0.25, 0.3) is 5.70 Å². The highest BCUT2D eigenvalue weighted by Gasteiger charge is 2.26. The second-order valence-electron chi connectivity index (χ2n) is 5.79. The normalized spacial score (nSPS) is 15.7. The van der Waals surface area contributed by atoms with Crippen LogP contribution in [-0.2, 0) is 0 Å². The smallest absolute Gasteiger partial charge is 0.226 e. The van der Waals surface area contributed by atoms with Crippen LogP contribution in [0, 0.1) is 0 Å². The molecule has 1 N–H and O–H groups in total. The first-order valence-electron chi connectivity index (χ1n) is 8.06. The number of methoxy groups -OCH3 is 2. The zero-order chi connectivity index (χ0) is 18.1. The maximum Gasteiger partial charge on any atom is 0.226 e. The molecule has 7 heteroatoms. The van der Waals surface area contributed by atoms with E-state index >= 15 is 0 Å². The van der Waals surface area contributed by atoms with E-state index in [4.69, 9.17) is 9.47 Å². The fourth-order valence-electron chi connectivity index (χ4n) is 3.02. The van der Waals surface area contributed by atoms with E-state index in [1.165, 1.54) is 0 Å². The maximum absolute atomic E-state index is 5.59. The summed E-state index contributed by atoms with van der Waals surface area (Å²) in [7, 11) is 3.29. The Morgan fingerprint density at radius 1 is 1.08 bits per heavy atom. The Bertz CT molecular complexity index is 966. The van der Waals surface area contributed by atoms with E-state index in [0.29, 0.717) is 5.95 Å². The van der Waals surface area contributed by atoms with Crippen LogP contribution in [0.1, 0.15) is 17.2 Å². The molecule has 0 bridgehead atoms. The summed E-state index contributed by atoms with van der Waals surface area (Å²) >= 11 is 3.48. The van der Waals surface area contributed by atoms with Crippen LogP contribution in [0.5, 0.6) is 11.5 Å². The summed E-state index contributed by atoms with van der Waals surface area (Å²) in [5.41, 5.74) is 3.02. The number of allylic oxidation sites excluding steroid dienone is 1. The molecule has 1 aromatic heterocycles. The van der Waals surface area contributed by atoms with Crippen LogP contribution in [0.3, 0.4) is 0 Å². The Hall–Kier alpha value is -2.80. The van der Waals surface area contributed by atoms with E-state index in [2.05, 4.69) is 49.5 Å². The van der Waals surface area contributed by atoms with Gasteiger partial charge in [0.2, 0.25) is 5.95 Å². The molecular weight excluding hydrogens is 396 g/mol. The SMILES string of the molecule is COc1ccc([C@@H]2C=C(c3ccc(Br)cc3)Nc3ncnn32)c(OC)c1. The molecule has 4 rings (SSSR count). The van der Waals surface area contributed by atoms with Crippen molar-refractivity contribution in [3.8, 4) is 11.5 Å². The molecule has 2 aromatic carbocycles. The van der Waals surface area contributed by atoms with Crippen molar-refractivity contribution >= 4 is 27.6 Å². The first-order valence-corrected chi connectivity index (χ1v) is 8.85. The van der Waals surface area contributed by atoms with Gasteiger partial charge < -0.3 is 14.8 Å². The van der Waals surface area contributed by atoms with Crippen molar-refractivity contribution < 1.29 is 9.47 Å². The number of benzene rings is 2. The lowest BCUT2D eigenvalue weighted by Crippen LogP contribution is -2.20. The van der Waals surface area contributed by atoms with Crippen molar-refractivity contribution in [3.63, 3.8) is 0 Å². The number of nitrogens with one attached hydrogen (secondary N) is 1. The number of fused-ring (bicyclic) bond motifs is 1. The number of halogens is 1. The van der Waals surface area contributed by atoms with E-state index in [1.807, 2.05) is 35.0 Å². The number of hydrogen-bond donors (Lipinski definition) is 1. The molecule has 1 aliphatic rings. The fourth-order valence-corrected chi connectivity index (χ4v) is 3.28. The van der Waals surface area contributed by atoms with Crippen molar-refractivity contribution in [2.45, 2.75) is 6.04 Å². The van der Waals surface area contributed by atoms with Crippen molar-refractivity contribution in [1.29, 1.82) is 0 Å². The average molecular weight is 413 g/mol. The molecule has 0 saturated carbocycles. The molecule has 3 aromatic rings. The van der Waals surface area contributed by atoms with Gasteiger partial charge in [-0.05, 0) is 35.9 Å². The topological polar surface area (TPSA) is 61.2 Å². The lowest BCUT2D eigenvalue weighted by Gasteiger charge is -2.25. The van der Waals surface area contributed by atoms with Crippen LogP contribution in [0.15, 0.2) is 59.3 Å². The maximum atomic E-state index is 5.59. The number of aromatic nitrogens is 3. The first-order chi connectivity index (χ1) is 12.7. The molecule has 0 amide bonds. The van der Waals surface area contributed by atoms with Crippen molar-refractivity contribution in [1.82, 2.24) is 14.8 Å². The zero-order valence-electron chi connectivity index (χ0n) is 14.3. The van der Waals surface area contributed by atoms with E-state index in [1.54, 1.807) is 20.5 Å². The standard InChI is InChI=1S/C19H17BrN4O2/c1-25-14-7-8-15(18(9-14)26-2)17-10-16(12-3-5-13(20)6-4-12)23-19-21-11-22-24(17)19/h3-11,17H,1-2H3,(H,21,22,23)/t17-/m0/s1. The Balaban J connectivity index is 1.82. The van der Waals surface area contributed by atoms with Crippen LogP contribution in [0.4, 0.5) is 5.95 Å². The highest BCUT2D eigenvalue weighted by atomic mass is 79.9. The molecule has 26 heavy (non-hydrogen) atoms. The summed E-state index contributed by atoms with van der Waals surface area (Å²) in [6, 6.07) is 13.8. The highest BCUT2D eigenvalue weighted by Crippen LogP contribution is 2.37. The van der Waals surface area contributed by atoms with Crippen molar-refractivity contribution in [2.24, 2.45) is 0 Å². The average Bonchev–Trinajstić information content (AvgIpc) is 3.16. The van der Waals surface area contributed by atoms with Crippen LogP contribution in [0.2, 0.25) is 0 Å². The number of anilines is 1. The molecule has 0 radical (unpaired) electrons. The second kappa shape index (κ2) is 6.84. The van der Waals surface area contributed by atoms with Gasteiger partial charge >= 0.3 is 0 Å². The largest absolute Gasteiger partial charge is 0.497 e. The molecule has 0 fully saturated rings. The van der Waals surface area contributed by atoms with Crippen LogP contribution in [-0.4, -0.2) is 29.0 Å². The summed E-state index contributed by atoms with van der Waals surface area (Å²) < 4.78 is 13.8. The minimum atomic E-state index is -0.145. The summed E-state index contributed by atoms with van der Waals surface area (Å²) in [5, 5.41) is 7.72. The highest BCUT2D eigenvalue weighted by molar-refractivity contribution is 9.10. The third-order valence-corrected chi connectivity index (χ3v) is 4.85. The molecular formula is C19H17BrN4O2. The molecule has 1 atom stereocenters. The van der Waals surface area contributed by atoms with Gasteiger partial charge in [0.15, 0.2) is 0 Å². The monoisotopic (exact) mass is 412 g/mol. The van der Waals surface area contributed by atoms with E-state index in [-0.39, 0.29) is 6.04 Å². The number of nitrogens with zero attached hydrogens (tertiary/aromatic N) is 3. The second-order valence-corrected chi connectivity index (χ2v) is 6.71. The third kappa shape index (κ3) is 2.94. The molecule has 6 nitrogen and oxygen atoms in total. The molecule has 0 spiro atoms. The van der Waals surface area contributed by atoms with E-state index < -0.39 is 0 Å². The van der Waals surface area contributed by atoms with Gasteiger partial charge in [-0.1, -0.05) is 28.1 Å². The zero-order valence-corrected chi connectivity index (χ0v) is 15.9. The van der Waals surface area contributed by atoms with Gasteiger partial charge in [0, 0.05) is 21.8 Å². The van der Waals surface area contributed by atoms with Gasteiger partial charge in [0.05, 0.1) is 14.2 Å². The molecule has 132 valence electrons. The lowest BCUT2D eigenvalue weighted by atomic mass is 10.0. The number of rotatable bonds is 4. The van der Waals surface area contributed by atoms with Crippen LogP contribution >= 0.6 is 15.9 Å². The fraction of sp³-hybridized carbons (Fsp3) is 0.158. The van der Waals surface area contributed by atoms with E-state index in [0.717, 1.165) is 32.8 Å². The lowest BCUT2D eigenvalue weighted by molar-refractivity contribution is 0.387. The summed E-state index contributed by atoms with van der Waals surface area (Å²) in [4.78, 5) is 4.34. The molecule has 0 aliphatic carbocycles. The summed E-state index contributed by atoms with van der Waals surface area (Å²) in [6.07, 6.45) is 3.67. The van der Waals surface area contributed by atoms with Gasteiger partial charge in [-0.2, -0.15) is 10.1 Å². The predicted octanol–water partition coefficient (Wildman–Crippen LogP) is 4.11. The van der Waals surface area contributed by atoms with Gasteiger partial charge in [0.1, 0.15) is 23.9 Å². The number of ether oxygens (including phenoxy) is 2. The minimum absolute atomic E-state index is 0.145. The quantitative estimate of drug-likeness (QED) is 0.698. The molecule has 0 unspecified atom stereocenters. The van der Waals surface area contributed by atoms with Gasteiger partial charge in [0.25, 0.3) is 0 Å². The minimum Gasteiger partial charge on any atom is -0.497 e. The Labute approximate surface area is 159 Å². The van der Waals surface area contributed by atoms with E-state index in [9.17, 15) is 0 Å². The Morgan fingerprint density at radius 3 is 2.62 bits per heavy atom. The molecule has 0 saturated heterocycles. The van der Waals surface area contributed by atoms with Crippen molar-refractivity contribution in [2.75, 3.05) is 19.5 Å². The Kier molecular flexibility index (Phi) is 4.38. The van der Waals surface area contributed by atoms with Crippen molar-refractivity contribution in [3.05, 3.63) is 70.5 Å². The Morgan fingerprint density at radius 2 is 1.88 bits per heavy atom. The molecule has 2 heterocycles. The summed E-state index contributed by atoms with van der Waals surface area (Å²) in [6.45, 7) is 0. The van der Waals surface area contributed by atoms with Gasteiger partial charge in [-0.25, -0.2) is 4.68 Å². The predicted molar refractivity (Wildman–Crippen MR) is 103 cm³/mol. The van der Waals surface area contributed by atoms with Gasteiger partial charge in [-0.3, -0.25) is 0 Å². The third-order valence-electron chi connectivity index (χ3n) is 4.32. The number of hydrogen-bond acceptors (Lipinski definition) is 5. The molecule has 1 aliphatic heterocycles. The van der Waals surface area contributed by atoms with Gasteiger partial charge in [-0.15, -0.1) is 0 Å². The summed E-state index contributed by atoms with van der Waals surface area (Å²) in [5.74, 6) is 2.17. The van der Waals surface area contributed by atoms with Crippen LogP contribution < -0.4 is 14.8 Å². The first kappa shape index (κ1) is 16.7.